The fraction of sp³-hybridized carbons (Fsp3) is 0.417. The SMILES string of the molecule is CCS(=O)(=O)C1CN(C(=O)c2ccccc2Cl)C1. The van der Waals surface area contributed by atoms with Gasteiger partial charge in [0.25, 0.3) is 5.91 Å². The first-order chi connectivity index (χ1) is 8.45. The van der Waals surface area contributed by atoms with E-state index in [1.807, 2.05) is 0 Å². The average Bonchev–Trinajstić information content (AvgIpc) is 2.27. The molecule has 1 amide bonds. The third kappa shape index (κ3) is 2.37. The lowest BCUT2D eigenvalue weighted by atomic mass is 10.1. The van der Waals surface area contributed by atoms with E-state index < -0.39 is 15.1 Å². The molecule has 0 aromatic heterocycles. The van der Waals surface area contributed by atoms with E-state index in [4.69, 9.17) is 11.6 Å². The fourth-order valence-electron chi connectivity index (χ4n) is 1.87. The Labute approximate surface area is 111 Å². The predicted octanol–water partition coefficient (Wildman–Crippen LogP) is 1.60. The van der Waals surface area contributed by atoms with Crippen molar-refractivity contribution in [3.05, 3.63) is 34.9 Å². The summed E-state index contributed by atoms with van der Waals surface area (Å²) in [4.78, 5) is 13.6. The second-order valence-electron chi connectivity index (χ2n) is 4.26. The summed E-state index contributed by atoms with van der Waals surface area (Å²) in [5.41, 5.74) is 0.423. The number of amides is 1. The van der Waals surface area contributed by atoms with Crippen molar-refractivity contribution >= 4 is 27.3 Å². The maximum absolute atomic E-state index is 12.1. The van der Waals surface area contributed by atoms with Crippen molar-refractivity contribution in [3.8, 4) is 0 Å². The lowest BCUT2D eigenvalue weighted by Crippen LogP contribution is -2.57. The second-order valence-corrected chi connectivity index (χ2v) is 7.24. The van der Waals surface area contributed by atoms with Crippen LogP contribution in [-0.4, -0.2) is 43.3 Å². The number of carbonyl (C=O) groups excluding carboxylic acids is 1. The minimum atomic E-state index is -3.05. The fourth-order valence-corrected chi connectivity index (χ4v) is 3.37. The Hall–Kier alpha value is -1.07. The number of nitrogens with zero attached hydrogens (tertiary/aromatic N) is 1. The van der Waals surface area contributed by atoms with Gasteiger partial charge in [-0.25, -0.2) is 8.42 Å². The van der Waals surface area contributed by atoms with Gasteiger partial charge in [0, 0.05) is 18.8 Å². The largest absolute Gasteiger partial charge is 0.336 e. The first-order valence-electron chi connectivity index (χ1n) is 5.71. The number of likely N-dealkylation sites (tertiary alicyclic amines) is 1. The molecule has 1 heterocycles. The van der Waals surface area contributed by atoms with Gasteiger partial charge in [0.1, 0.15) is 0 Å². The average molecular weight is 288 g/mol. The highest BCUT2D eigenvalue weighted by Crippen LogP contribution is 2.23. The number of benzene rings is 1. The van der Waals surface area contributed by atoms with Crippen LogP contribution in [0.2, 0.25) is 5.02 Å². The predicted molar refractivity (Wildman–Crippen MR) is 70.6 cm³/mol. The van der Waals surface area contributed by atoms with E-state index in [0.29, 0.717) is 10.6 Å². The quantitative estimate of drug-likeness (QED) is 0.848. The van der Waals surface area contributed by atoms with Gasteiger partial charge in [-0.05, 0) is 12.1 Å². The van der Waals surface area contributed by atoms with Crippen molar-refractivity contribution in [2.24, 2.45) is 0 Å². The molecular weight excluding hydrogens is 274 g/mol. The number of hydrogen-bond donors (Lipinski definition) is 0. The van der Waals surface area contributed by atoms with Gasteiger partial charge < -0.3 is 4.90 Å². The molecule has 0 saturated carbocycles. The number of hydrogen-bond acceptors (Lipinski definition) is 3. The van der Waals surface area contributed by atoms with Gasteiger partial charge in [0.05, 0.1) is 15.8 Å². The van der Waals surface area contributed by atoms with Gasteiger partial charge in [-0.1, -0.05) is 30.7 Å². The molecule has 6 heteroatoms. The van der Waals surface area contributed by atoms with Crippen LogP contribution in [0.4, 0.5) is 0 Å². The van der Waals surface area contributed by atoms with E-state index in [2.05, 4.69) is 0 Å². The van der Waals surface area contributed by atoms with Crippen LogP contribution in [0.15, 0.2) is 24.3 Å². The molecule has 4 nitrogen and oxygen atoms in total. The van der Waals surface area contributed by atoms with Gasteiger partial charge in [-0.15, -0.1) is 0 Å². The molecule has 0 N–H and O–H groups in total. The second kappa shape index (κ2) is 4.90. The van der Waals surface area contributed by atoms with Gasteiger partial charge in [0.2, 0.25) is 0 Å². The van der Waals surface area contributed by atoms with Crippen molar-refractivity contribution in [2.75, 3.05) is 18.8 Å². The zero-order valence-corrected chi connectivity index (χ0v) is 11.5. The Bertz CT molecular complexity index is 564. The molecule has 98 valence electrons. The Morgan fingerprint density at radius 1 is 1.39 bits per heavy atom. The molecule has 1 aliphatic heterocycles. The van der Waals surface area contributed by atoms with Gasteiger partial charge >= 0.3 is 0 Å². The molecule has 0 bridgehead atoms. The molecule has 0 unspecified atom stereocenters. The van der Waals surface area contributed by atoms with Crippen LogP contribution in [0.5, 0.6) is 0 Å². The van der Waals surface area contributed by atoms with Gasteiger partial charge in [-0.3, -0.25) is 4.79 Å². The topological polar surface area (TPSA) is 54.5 Å². The third-order valence-corrected chi connectivity index (χ3v) is 5.60. The molecule has 1 aromatic rings. The lowest BCUT2D eigenvalue weighted by molar-refractivity contribution is 0.0659. The van der Waals surface area contributed by atoms with Crippen LogP contribution in [0.1, 0.15) is 17.3 Å². The molecule has 0 spiro atoms. The zero-order chi connectivity index (χ0) is 13.3. The first kappa shape index (κ1) is 13.4. The van der Waals surface area contributed by atoms with Crippen molar-refractivity contribution in [2.45, 2.75) is 12.2 Å². The van der Waals surface area contributed by atoms with Crippen molar-refractivity contribution in [1.82, 2.24) is 4.90 Å². The monoisotopic (exact) mass is 287 g/mol. The highest BCUT2D eigenvalue weighted by atomic mass is 35.5. The zero-order valence-electron chi connectivity index (χ0n) is 9.97. The highest BCUT2D eigenvalue weighted by Gasteiger charge is 2.39. The van der Waals surface area contributed by atoms with Crippen LogP contribution in [-0.2, 0) is 9.84 Å². The van der Waals surface area contributed by atoms with Crippen molar-refractivity contribution < 1.29 is 13.2 Å². The summed E-state index contributed by atoms with van der Waals surface area (Å²) in [7, 11) is -3.05. The standard InChI is InChI=1S/C12H14ClNO3S/c1-2-18(16,17)9-7-14(8-9)12(15)10-5-3-4-6-11(10)13/h3-6,9H,2,7-8H2,1H3. The highest BCUT2D eigenvalue weighted by molar-refractivity contribution is 7.92. The molecule has 2 rings (SSSR count). The molecule has 1 saturated heterocycles. The molecule has 0 radical (unpaired) electrons. The molecule has 18 heavy (non-hydrogen) atoms. The van der Waals surface area contributed by atoms with E-state index >= 15 is 0 Å². The van der Waals surface area contributed by atoms with E-state index in [1.165, 1.54) is 4.90 Å². The molecular formula is C12H14ClNO3S. The maximum atomic E-state index is 12.1. The molecule has 1 aromatic carbocycles. The summed E-state index contributed by atoms with van der Waals surface area (Å²) in [6, 6.07) is 6.78. The van der Waals surface area contributed by atoms with E-state index in [0.717, 1.165) is 0 Å². The normalized spacial score (nSPS) is 16.4. The van der Waals surface area contributed by atoms with Crippen LogP contribution in [0, 0.1) is 0 Å². The Morgan fingerprint density at radius 2 is 2.00 bits per heavy atom. The van der Waals surface area contributed by atoms with Crippen molar-refractivity contribution in [1.29, 1.82) is 0 Å². The van der Waals surface area contributed by atoms with Gasteiger partial charge in [0.15, 0.2) is 9.84 Å². The summed E-state index contributed by atoms with van der Waals surface area (Å²) in [5, 5.41) is -0.0294. The third-order valence-electron chi connectivity index (χ3n) is 3.15. The summed E-state index contributed by atoms with van der Waals surface area (Å²) >= 11 is 5.93. The minimum absolute atomic E-state index is 0.117. The van der Waals surface area contributed by atoms with E-state index in [1.54, 1.807) is 31.2 Å². The van der Waals surface area contributed by atoms with Crippen LogP contribution in [0.25, 0.3) is 0 Å². The first-order valence-corrected chi connectivity index (χ1v) is 7.80. The molecule has 1 aliphatic rings. The number of halogens is 1. The summed E-state index contributed by atoms with van der Waals surface area (Å²) in [5.74, 6) is -0.0886. The lowest BCUT2D eigenvalue weighted by Gasteiger charge is -2.38. The Kier molecular flexibility index (Phi) is 3.64. The summed E-state index contributed by atoms with van der Waals surface area (Å²) in [6.45, 7) is 2.15. The molecule has 0 aliphatic carbocycles. The number of sulfone groups is 1. The Morgan fingerprint density at radius 3 is 2.56 bits per heavy atom. The minimum Gasteiger partial charge on any atom is -0.336 e. The number of rotatable bonds is 3. The summed E-state index contributed by atoms with van der Waals surface area (Å²) in [6.07, 6.45) is 0. The maximum Gasteiger partial charge on any atom is 0.255 e. The Balaban J connectivity index is 2.06. The smallest absolute Gasteiger partial charge is 0.255 e. The molecule has 1 fully saturated rings. The van der Waals surface area contributed by atoms with E-state index in [-0.39, 0.29) is 24.7 Å². The van der Waals surface area contributed by atoms with Gasteiger partial charge in [-0.2, -0.15) is 0 Å². The van der Waals surface area contributed by atoms with Crippen LogP contribution >= 0.6 is 11.6 Å². The van der Waals surface area contributed by atoms with Crippen LogP contribution < -0.4 is 0 Å². The van der Waals surface area contributed by atoms with Crippen LogP contribution in [0.3, 0.4) is 0 Å². The van der Waals surface area contributed by atoms with Crippen molar-refractivity contribution in [3.63, 3.8) is 0 Å². The molecule has 0 atom stereocenters. The summed E-state index contributed by atoms with van der Waals surface area (Å²) < 4.78 is 23.2. The van der Waals surface area contributed by atoms with E-state index in [9.17, 15) is 13.2 Å². The number of carbonyl (C=O) groups is 1.